The third kappa shape index (κ3) is 1.46. The number of nitriles is 2. The zero-order chi connectivity index (χ0) is 8.97. The molecule has 0 N–H and O–H groups in total. The predicted molar refractivity (Wildman–Crippen MR) is 47.1 cm³/mol. The minimum absolute atomic E-state index is 0.433. The molecule has 0 aliphatic carbocycles. The quantitative estimate of drug-likeness (QED) is 0.560. The summed E-state index contributed by atoms with van der Waals surface area (Å²) in [7, 11) is 1.89. The molecular formula is C9H6BN2. The molecule has 1 rings (SSSR count). The summed E-state index contributed by atoms with van der Waals surface area (Å²) in [5.74, 6) is 0. The van der Waals surface area contributed by atoms with Gasteiger partial charge >= 0.3 is 0 Å². The fourth-order valence-electron chi connectivity index (χ4n) is 0.931. The Morgan fingerprint density at radius 1 is 1.17 bits per heavy atom. The molecule has 0 aromatic heterocycles. The van der Waals surface area contributed by atoms with Crippen LogP contribution in [-0.2, 0) is 0 Å². The summed E-state index contributed by atoms with van der Waals surface area (Å²) in [6, 6.07) is 9.13. The van der Waals surface area contributed by atoms with E-state index in [9.17, 15) is 0 Å². The van der Waals surface area contributed by atoms with Gasteiger partial charge in [0.1, 0.15) is 19.4 Å². The molecule has 0 fully saturated rings. The molecule has 0 unspecified atom stereocenters. The van der Waals surface area contributed by atoms with Crippen LogP contribution in [0.3, 0.4) is 0 Å². The predicted octanol–water partition coefficient (Wildman–Crippen LogP) is 0.808. The Kier molecular flexibility index (Phi) is 2.51. The molecule has 1 aromatic carbocycles. The first-order valence-electron chi connectivity index (χ1n) is 3.55. The molecular weight excluding hydrogens is 147 g/mol. The van der Waals surface area contributed by atoms with Gasteiger partial charge in [0.25, 0.3) is 0 Å². The second-order valence-electron chi connectivity index (χ2n) is 2.32. The highest BCUT2D eigenvalue weighted by Gasteiger charge is 2.00. The fraction of sp³-hybridized carbons (Fsp3) is 0.111. The minimum Gasteiger partial charge on any atom is -0.192 e. The summed E-state index contributed by atoms with van der Waals surface area (Å²) < 4.78 is 0. The molecule has 1 radical (unpaired) electrons. The van der Waals surface area contributed by atoms with Gasteiger partial charge in [0, 0.05) is 0 Å². The summed E-state index contributed by atoms with van der Waals surface area (Å²) >= 11 is 0. The van der Waals surface area contributed by atoms with Gasteiger partial charge in [-0.25, -0.2) is 0 Å². The van der Waals surface area contributed by atoms with Crippen LogP contribution >= 0.6 is 0 Å². The van der Waals surface area contributed by atoms with Crippen LogP contribution < -0.4 is 5.46 Å². The molecule has 55 valence electrons. The maximum absolute atomic E-state index is 8.65. The average molecular weight is 153 g/mol. The standard InChI is InChI=1S/C9H6BN2/c1-10-9-3-2-7(5-11)8(4-9)6-12/h2-4H,1H3. The van der Waals surface area contributed by atoms with E-state index in [1.165, 1.54) is 0 Å². The van der Waals surface area contributed by atoms with Gasteiger partial charge in [0.2, 0.25) is 0 Å². The highest BCUT2D eigenvalue weighted by Crippen LogP contribution is 2.02. The van der Waals surface area contributed by atoms with E-state index in [2.05, 4.69) is 0 Å². The molecule has 0 heterocycles. The zero-order valence-electron chi connectivity index (χ0n) is 6.70. The van der Waals surface area contributed by atoms with Crippen molar-refractivity contribution < 1.29 is 0 Å². The van der Waals surface area contributed by atoms with Gasteiger partial charge < -0.3 is 0 Å². The van der Waals surface area contributed by atoms with Gasteiger partial charge in [-0.1, -0.05) is 18.4 Å². The van der Waals surface area contributed by atoms with E-state index in [0.29, 0.717) is 11.1 Å². The lowest BCUT2D eigenvalue weighted by molar-refractivity contribution is 1.44. The van der Waals surface area contributed by atoms with Crippen LogP contribution in [0.1, 0.15) is 11.1 Å². The zero-order valence-corrected chi connectivity index (χ0v) is 6.70. The third-order valence-electron chi connectivity index (χ3n) is 1.62. The Morgan fingerprint density at radius 3 is 2.33 bits per heavy atom. The Bertz CT molecular complexity index is 371. The molecule has 0 saturated carbocycles. The van der Waals surface area contributed by atoms with Crippen molar-refractivity contribution in [2.45, 2.75) is 6.82 Å². The topological polar surface area (TPSA) is 47.6 Å². The Morgan fingerprint density at radius 2 is 1.83 bits per heavy atom. The molecule has 12 heavy (non-hydrogen) atoms. The molecule has 0 atom stereocenters. The molecule has 0 amide bonds. The van der Waals surface area contributed by atoms with E-state index in [0.717, 1.165) is 5.46 Å². The van der Waals surface area contributed by atoms with Gasteiger partial charge in [-0.2, -0.15) is 10.5 Å². The maximum Gasteiger partial charge on any atom is 0.148 e. The molecule has 0 saturated heterocycles. The van der Waals surface area contributed by atoms with Crippen molar-refractivity contribution in [1.82, 2.24) is 0 Å². The lowest BCUT2D eigenvalue weighted by Gasteiger charge is -1.96. The van der Waals surface area contributed by atoms with Crippen LogP contribution in [0, 0.1) is 22.7 Å². The summed E-state index contributed by atoms with van der Waals surface area (Å²) in [6.45, 7) is 1.89. The molecule has 0 bridgehead atoms. The number of hydrogen-bond acceptors (Lipinski definition) is 2. The maximum atomic E-state index is 8.65. The van der Waals surface area contributed by atoms with Crippen molar-refractivity contribution in [2.24, 2.45) is 0 Å². The van der Waals surface area contributed by atoms with Crippen molar-refractivity contribution in [1.29, 1.82) is 10.5 Å². The monoisotopic (exact) mass is 153 g/mol. The first kappa shape index (κ1) is 8.36. The summed E-state index contributed by atoms with van der Waals surface area (Å²) in [6.07, 6.45) is 0. The van der Waals surface area contributed by atoms with Gasteiger partial charge in [-0.3, -0.25) is 0 Å². The van der Waals surface area contributed by atoms with Crippen molar-refractivity contribution >= 4 is 12.7 Å². The molecule has 1 aromatic rings. The Labute approximate surface area is 72.3 Å². The Balaban J connectivity index is 3.25. The average Bonchev–Trinajstić information content (AvgIpc) is 2.16. The number of rotatable bonds is 1. The fourth-order valence-corrected chi connectivity index (χ4v) is 0.931. The Hall–Kier alpha value is -1.74. The molecule has 2 nitrogen and oxygen atoms in total. The van der Waals surface area contributed by atoms with Gasteiger partial charge in [0.15, 0.2) is 0 Å². The smallest absolute Gasteiger partial charge is 0.148 e. The number of hydrogen-bond donors (Lipinski definition) is 0. The molecule has 3 heteroatoms. The highest BCUT2D eigenvalue weighted by molar-refractivity contribution is 6.51. The van der Waals surface area contributed by atoms with Gasteiger partial charge in [-0.15, -0.1) is 0 Å². The van der Waals surface area contributed by atoms with Crippen molar-refractivity contribution in [3.63, 3.8) is 0 Å². The molecule has 0 aliphatic rings. The van der Waals surface area contributed by atoms with E-state index in [4.69, 9.17) is 10.5 Å². The molecule has 0 spiro atoms. The van der Waals surface area contributed by atoms with Crippen molar-refractivity contribution in [3.8, 4) is 12.1 Å². The van der Waals surface area contributed by atoms with Crippen LogP contribution in [0.4, 0.5) is 0 Å². The van der Waals surface area contributed by atoms with Crippen LogP contribution in [0.15, 0.2) is 18.2 Å². The van der Waals surface area contributed by atoms with Crippen molar-refractivity contribution in [2.75, 3.05) is 0 Å². The van der Waals surface area contributed by atoms with Crippen LogP contribution in [-0.4, -0.2) is 7.28 Å². The first-order valence-corrected chi connectivity index (χ1v) is 3.55. The number of nitrogens with zero attached hydrogens (tertiary/aromatic N) is 2. The van der Waals surface area contributed by atoms with Crippen LogP contribution in [0.5, 0.6) is 0 Å². The lowest BCUT2D eigenvalue weighted by atomic mass is 9.72. The summed E-state index contributed by atoms with van der Waals surface area (Å²) in [5.41, 5.74) is 1.83. The van der Waals surface area contributed by atoms with Crippen LogP contribution in [0.25, 0.3) is 0 Å². The largest absolute Gasteiger partial charge is 0.192 e. The minimum atomic E-state index is 0.433. The second kappa shape index (κ2) is 3.60. The first-order chi connectivity index (χ1) is 5.81. The van der Waals surface area contributed by atoms with E-state index in [1.54, 1.807) is 12.1 Å². The van der Waals surface area contributed by atoms with Gasteiger partial charge in [-0.05, 0) is 12.1 Å². The molecule has 0 aliphatic heterocycles. The summed E-state index contributed by atoms with van der Waals surface area (Å²) in [4.78, 5) is 0. The second-order valence-corrected chi connectivity index (χ2v) is 2.32. The normalized spacial score (nSPS) is 8.25. The lowest BCUT2D eigenvalue weighted by Crippen LogP contribution is -2.10. The SMILES string of the molecule is C[B]c1ccc(C#N)c(C#N)c1. The number of benzene rings is 1. The summed E-state index contributed by atoms with van der Waals surface area (Å²) in [5, 5.41) is 17.3. The van der Waals surface area contributed by atoms with E-state index >= 15 is 0 Å². The van der Waals surface area contributed by atoms with Crippen LogP contribution in [0.2, 0.25) is 6.82 Å². The van der Waals surface area contributed by atoms with Gasteiger partial charge in [0.05, 0.1) is 11.1 Å². The van der Waals surface area contributed by atoms with E-state index < -0.39 is 0 Å². The third-order valence-corrected chi connectivity index (χ3v) is 1.62. The van der Waals surface area contributed by atoms with E-state index in [-0.39, 0.29) is 0 Å². The van der Waals surface area contributed by atoms with Crippen molar-refractivity contribution in [3.05, 3.63) is 29.3 Å². The highest BCUT2D eigenvalue weighted by atomic mass is 14.3. The van der Waals surface area contributed by atoms with E-state index in [1.807, 2.05) is 32.3 Å².